The highest BCUT2D eigenvalue weighted by Crippen LogP contribution is 2.25. The molecule has 0 radical (unpaired) electrons. The molecule has 0 fully saturated rings. The fourth-order valence-electron chi connectivity index (χ4n) is 2.55. The van der Waals surface area contributed by atoms with E-state index in [1.807, 2.05) is 20.8 Å². The van der Waals surface area contributed by atoms with E-state index in [2.05, 4.69) is 5.32 Å². The summed E-state index contributed by atoms with van der Waals surface area (Å²) in [4.78, 5) is -0.189. The van der Waals surface area contributed by atoms with Gasteiger partial charge in [-0.2, -0.15) is 0 Å². The molecular formula is C15H24FNO2S. The molecule has 0 saturated carbocycles. The first-order chi connectivity index (χ1) is 9.48. The Labute approximate surface area is 121 Å². The first-order valence-corrected chi connectivity index (χ1v) is 8.75. The van der Waals surface area contributed by atoms with E-state index in [0.717, 1.165) is 12.8 Å². The van der Waals surface area contributed by atoms with Crippen LogP contribution in [0.2, 0.25) is 0 Å². The molecule has 0 bridgehead atoms. The van der Waals surface area contributed by atoms with Gasteiger partial charge in [-0.1, -0.05) is 39.3 Å². The molecule has 0 aliphatic heterocycles. The van der Waals surface area contributed by atoms with Gasteiger partial charge in [-0.25, -0.2) is 12.8 Å². The largest absolute Gasteiger partial charge is 0.313 e. The molecule has 0 heterocycles. The third-order valence-electron chi connectivity index (χ3n) is 3.46. The van der Waals surface area contributed by atoms with Crippen molar-refractivity contribution in [2.24, 2.45) is 0 Å². The van der Waals surface area contributed by atoms with Gasteiger partial charge in [0, 0.05) is 6.04 Å². The van der Waals surface area contributed by atoms with E-state index in [-0.39, 0.29) is 10.9 Å². The molecule has 20 heavy (non-hydrogen) atoms. The Morgan fingerprint density at radius 2 is 1.85 bits per heavy atom. The lowest BCUT2D eigenvalue weighted by molar-refractivity contribution is 0.443. The highest BCUT2D eigenvalue weighted by molar-refractivity contribution is 7.92. The molecule has 0 aromatic heterocycles. The Morgan fingerprint density at radius 1 is 1.20 bits per heavy atom. The minimum atomic E-state index is -3.66. The van der Waals surface area contributed by atoms with Crippen LogP contribution in [-0.4, -0.2) is 26.3 Å². The average Bonchev–Trinajstić information content (AvgIpc) is 2.40. The van der Waals surface area contributed by atoms with E-state index in [9.17, 15) is 12.8 Å². The molecule has 1 aromatic rings. The van der Waals surface area contributed by atoms with Crippen LogP contribution >= 0.6 is 0 Å². The van der Waals surface area contributed by atoms with Crippen molar-refractivity contribution >= 4 is 9.84 Å². The Bertz CT molecular complexity index is 510. The van der Waals surface area contributed by atoms with Gasteiger partial charge in [0.2, 0.25) is 0 Å². The van der Waals surface area contributed by atoms with Gasteiger partial charge in [0.15, 0.2) is 9.84 Å². The number of hydrogen-bond donors (Lipinski definition) is 1. The second-order valence-electron chi connectivity index (χ2n) is 4.87. The Morgan fingerprint density at radius 3 is 2.35 bits per heavy atom. The van der Waals surface area contributed by atoms with Crippen LogP contribution in [-0.2, 0) is 9.84 Å². The number of nitrogens with one attached hydrogen (secondary N) is 1. The van der Waals surface area contributed by atoms with Gasteiger partial charge in [0.05, 0.1) is 5.25 Å². The number of hydrogen-bond acceptors (Lipinski definition) is 3. The van der Waals surface area contributed by atoms with Crippen LogP contribution in [0.1, 0.15) is 40.0 Å². The van der Waals surface area contributed by atoms with Crippen LogP contribution in [0.4, 0.5) is 4.39 Å². The quantitative estimate of drug-likeness (QED) is 0.802. The number of sulfone groups is 1. The Hall–Kier alpha value is -0.940. The lowest BCUT2D eigenvalue weighted by Gasteiger charge is -2.26. The van der Waals surface area contributed by atoms with E-state index < -0.39 is 20.9 Å². The molecule has 0 aliphatic carbocycles. The molecule has 1 aromatic carbocycles. The van der Waals surface area contributed by atoms with Crippen molar-refractivity contribution in [1.29, 1.82) is 0 Å². The van der Waals surface area contributed by atoms with Crippen LogP contribution in [0.25, 0.3) is 0 Å². The highest BCUT2D eigenvalue weighted by atomic mass is 32.2. The van der Waals surface area contributed by atoms with Crippen LogP contribution in [0, 0.1) is 5.82 Å². The second-order valence-corrected chi connectivity index (χ2v) is 7.01. The first kappa shape index (κ1) is 17.1. The van der Waals surface area contributed by atoms with Gasteiger partial charge in [0.25, 0.3) is 0 Å². The molecule has 0 aliphatic rings. The van der Waals surface area contributed by atoms with Gasteiger partial charge in [-0.15, -0.1) is 0 Å². The van der Waals surface area contributed by atoms with Crippen molar-refractivity contribution in [2.45, 2.75) is 56.2 Å². The predicted molar refractivity (Wildman–Crippen MR) is 80.0 cm³/mol. The molecular weight excluding hydrogens is 277 g/mol. The van der Waals surface area contributed by atoms with E-state index in [4.69, 9.17) is 0 Å². The summed E-state index contributed by atoms with van der Waals surface area (Å²) in [6.07, 6.45) is 2.12. The van der Waals surface area contributed by atoms with Crippen LogP contribution in [0.3, 0.4) is 0 Å². The zero-order chi connectivity index (χ0) is 15.2. The third kappa shape index (κ3) is 3.79. The van der Waals surface area contributed by atoms with Crippen LogP contribution in [0.5, 0.6) is 0 Å². The van der Waals surface area contributed by atoms with Crippen molar-refractivity contribution in [2.75, 3.05) is 6.54 Å². The summed E-state index contributed by atoms with van der Waals surface area (Å²) >= 11 is 0. The zero-order valence-corrected chi connectivity index (χ0v) is 13.2. The highest BCUT2D eigenvalue weighted by Gasteiger charge is 2.34. The van der Waals surface area contributed by atoms with E-state index in [1.165, 1.54) is 18.2 Å². The molecule has 2 unspecified atom stereocenters. The Balaban J connectivity index is 3.18. The molecule has 114 valence electrons. The maximum Gasteiger partial charge on any atom is 0.185 e. The minimum Gasteiger partial charge on any atom is -0.313 e. The number of benzene rings is 1. The maximum absolute atomic E-state index is 13.8. The minimum absolute atomic E-state index is 0.139. The first-order valence-electron chi connectivity index (χ1n) is 7.20. The number of rotatable bonds is 8. The summed E-state index contributed by atoms with van der Waals surface area (Å²) < 4.78 is 39.2. The topological polar surface area (TPSA) is 46.2 Å². The summed E-state index contributed by atoms with van der Waals surface area (Å²) in [5.41, 5.74) is 0. The molecule has 0 spiro atoms. The van der Waals surface area contributed by atoms with Crippen molar-refractivity contribution in [3.63, 3.8) is 0 Å². The van der Waals surface area contributed by atoms with Crippen molar-refractivity contribution < 1.29 is 12.8 Å². The molecule has 1 N–H and O–H groups in total. The summed E-state index contributed by atoms with van der Waals surface area (Å²) in [7, 11) is -3.66. The summed E-state index contributed by atoms with van der Waals surface area (Å²) in [6, 6.07) is 5.47. The number of halogens is 1. The third-order valence-corrected chi connectivity index (χ3v) is 5.86. The second kappa shape index (κ2) is 7.74. The lowest BCUT2D eigenvalue weighted by Crippen LogP contribution is -2.44. The molecule has 3 nitrogen and oxygen atoms in total. The van der Waals surface area contributed by atoms with Gasteiger partial charge in [-0.3, -0.25) is 0 Å². The van der Waals surface area contributed by atoms with Crippen LogP contribution < -0.4 is 5.32 Å². The molecule has 5 heteroatoms. The van der Waals surface area contributed by atoms with E-state index >= 15 is 0 Å². The van der Waals surface area contributed by atoms with Gasteiger partial charge in [0.1, 0.15) is 10.7 Å². The van der Waals surface area contributed by atoms with Gasteiger partial charge in [-0.05, 0) is 31.5 Å². The molecule has 0 saturated heterocycles. The Kier molecular flexibility index (Phi) is 6.62. The maximum atomic E-state index is 13.8. The van der Waals surface area contributed by atoms with Crippen LogP contribution in [0.15, 0.2) is 29.2 Å². The SMILES string of the molecule is CCCC(NCC)C(CC)S(=O)(=O)c1ccccc1F. The fraction of sp³-hybridized carbons (Fsp3) is 0.600. The standard InChI is InChI=1S/C15H24FNO2S/c1-4-9-13(17-6-3)14(5-2)20(18,19)15-11-8-7-10-12(15)16/h7-8,10-11,13-14,17H,4-6,9H2,1-3H3. The fourth-order valence-corrected chi connectivity index (χ4v) is 4.59. The summed E-state index contributed by atoms with van der Waals surface area (Å²) in [6.45, 7) is 6.51. The van der Waals surface area contributed by atoms with Gasteiger partial charge >= 0.3 is 0 Å². The van der Waals surface area contributed by atoms with Crippen molar-refractivity contribution in [1.82, 2.24) is 5.32 Å². The van der Waals surface area contributed by atoms with Crippen molar-refractivity contribution in [3.8, 4) is 0 Å². The van der Waals surface area contributed by atoms with E-state index in [0.29, 0.717) is 13.0 Å². The smallest absolute Gasteiger partial charge is 0.185 e. The lowest BCUT2D eigenvalue weighted by atomic mass is 10.1. The normalized spacial score (nSPS) is 15.0. The monoisotopic (exact) mass is 301 g/mol. The van der Waals surface area contributed by atoms with Gasteiger partial charge < -0.3 is 5.32 Å². The molecule has 0 amide bonds. The summed E-state index contributed by atoms with van der Waals surface area (Å²) in [5, 5.41) is 2.63. The average molecular weight is 301 g/mol. The predicted octanol–water partition coefficient (Wildman–Crippen LogP) is 3.16. The molecule has 2 atom stereocenters. The van der Waals surface area contributed by atoms with Crippen molar-refractivity contribution in [3.05, 3.63) is 30.1 Å². The molecule has 1 rings (SSSR count). The van der Waals surface area contributed by atoms with E-state index in [1.54, 1.807) is 6.07 Å². The zero-order valence-electron chi connectivity index (χ0n) is 12.4. The summed E-state index contributed by atoms with van der Waals surface area (Å²) in [5.74, 6) is -0.669.